The quantitative estimate of drug-likeness (QED) is 0.609. The topological polar surface area (TPSA) is 153 Å². The van der Waals surface area contributed by atoms with Crippen LogP contribution in [0, 0.1) is 20.2 Å². The molecule has 0 saturated carbocycles. The van der Waals surface area contributed by atoms with E-state index in [1.165, 1.54) is 12.1 Å². The molecule has 0 aliphatic rings. The summed E-state index contributed by atoms with van der Waals surface area (Å²) in [4.78, 5) is 43.4. The van der Waals surface area contributed by atoms with Crippen LogP contribution in [0.25, 0.3) is 0 Å². The molecule has 1 amide bonds. The number of halogens is 1. The van der Waals surface area contributed by atoms with Crippen molar-refractivity contribution in [1.82, 2.24) is 0 Å². The minimum atomic E-state index is -1.36. The van der Waals surface area contributed by atoms with Crippen molar-refractivity contribution in [3.63, 3.8) is 0 Å². The maximum atomic E-state index is 12.2. The number of hydrogen-bond donors (Lipinski definition) is 2. The Balaban J connectivity index is 2.44. The van der Waals surface area contributed by atoms with E-state index >= 15 is 0 Å². The Morgan fingerprint density at radius 3 is 2.04 bits per heavy atom. The molecule has 0 atom stereocenters. The smallest absolute Gasteiger partial charge is 0.337 e. The molecule has 128 valence electrons. The molecule has 0 spiro atoms. The summed E-state index contributed by atoms with van der Waals surface area (Å²) in [5, 5.41) is 33.2. The average molecular weight is 366 g/mol. The Hall–Kier alpha value is -3.53. The molecule has 0 bridgehead atoms. The molecule has 2 aromatic carbocycles. The third kappa shape index (κ3) is 4.06. The van der Waals surface area contributed by atoms with Gasteiger partial charge >= 0.3 is 5.97 Å². The van der Waals surface area contributed by atoms with Crippen LogP contribution in [0.1, 0.15) is 20.7 Å². The molecule has 11 heteroatoms. The Morgan fingerprint density at radius 2 is 1.56 bits per heavy atom. The molecule has 0 aliphatic heterocycles. The van der Waals surface area contributed by atoms with Crippen molar-refractivity contribution in [1.29, 1.82) is 0 Å². The lowest BCUT2D eigenvalue weighted by molar-refractivity contribution is -0.394. The summed E-state index contributed by atoms with van der Waals surface area (Å²) in [5.41, 5.74) is -2.08. The number of nitro groups is 2. The lowest BCUT2D eigenvalue weighted by atomic mass is 10.1. The maximum absolute atomic E-state index is 12.2. The van der Waals surface area contributed by atoms with Crippen LogP contribution < -0.4 is 5.32 Å². The number of nitrogens with zero attached hydrogens (tertiary/aromatic N) is 2. The lowest BCUT2D eigenvalue weighted by Gasteiger charge is -2.09. The van der Waals surface area contributed by atoms with Crippen molar-refractivity contribution in [3.8, 4) is 0 Å². The van der Waals surface area contributed by atoms with Gasteiger partial charge in [0.2, 0.25) is 0 Å². The second-order valence-electron chi connectivity index (χ2n) is 4.70. The third-order valence-corrected chi connectivity index (χ3v) is 3.28. The largest absolute Gasteiger partial charge is 0.478 e. The number of aromatic carboxylic acids is 1. The van der Waals surface area contributed by atoms with Gasteiger partial charge in [-0.2, -0.15) is 0 Å². The van der Waals surface area contributed by atoms with Crippen molar-refractivity contribution >= 4 is 40.5 Å². The van der Waals surface area contributed by atoms with Gasteiger partial charge in [0.05, 0.1) is 32.7 Å². The first-order valence-corrected chi connectivity index (χ1v) is 6.85. The van der Waals surface area contributed by atoms with Crippen LogP contribution in [0.5, 0.6) is 0 Å². The van der Waals surface area contributed by atoms with Gasteiger partial charge in [-0.25, -0.2) is 4.79 Å². The molecule has 0 radical (unpaired) electrons. The number of rotatable bonds is 5. The molecular formula is C14H8ClN3O7. The summed E-state index contributed by atoms with van der Waals surface area (Å²) in [6.45, 7) is 0. The van der Waals surface area contributed by atoms with Crippen LogP contribution in [0.2, 0.25) is 5.02 Å². The molecule has 2 aromatic rings. The summed E-state index contributed by atoms with van der Waals surface area (Å²) >= 11 is 5.70. The Morgan fingerprint density at radius 1 is 1.00 bits per heavy atom. The minimum Gasteiger partial charge on any atom is -0.478 e. The molecule has 0 aromatic heterocycles. The lowest BCUT2D eigenvalue weighted by Crippen LogP contribution is -2.15. The highest BCUT2D eigenvalue weighted by atomic mass is 35.5. The van der Waals surface area contributed by atoms with E-state index in [4.69, 9.17) is 16.7 Å². The van der Waals surface area contributed by atoms with Gasteiger partial charge in [0.1, 0.15) is 0 Å². The number of carbonyl (C=O) groups excluding carboxylic acids is 1. The number of benzene rings is 2. The predicted molar refractivity (Wildman–Crippen MR) is 86.1 cm³/mol. The fourth-order valence-electron chi connectivity index (χ4n) is 1.93. The molecule has 10 nitrogen and oxygen atoms in total. The second kappa shape index (κ2) is 6.93. The van der Waals surface area contributed by atoms with E-state index in [2.05, 4.69) is 5.32 Å². The van der Waals surface area contributed by atoms with Crippen LogP contribution >= 0.6 is 11.6 Å². The maximum Gasteiger partial charge on any atom is 0.337 e. The van der Waals surface area contributed by atoms with Gasteiger partial charge in [-0.1, -0.05) is 11.6 Å². The van der Waals surface area contributed by atoms with Crippen LogP contribution in [0.15, 0.2) is 36.4 Å². The number of amides is 1. The van der Waals surface area contributed by atoms with Gasteiger partial charge in [-0.3, -0.25) is 25.0 Å². The van der Waals surface area contributed by atoms with Crippen molar-refractivity contribution in [2.24, 2.45) is 0 Å². The van der Waals surface area contributed by atoms with Crippen molar-refractivity contribution < 1.29 is 24.5 Å². The van der Waals surface area contributed by atoms with E-state index in [-0.39, 0.29) is 21.8 Å². The first-order chi connectivity index (χ1) is 11.7. The van der Waals surface area contributed by atoms with E-state index < -0.39 is 33.1 Å². The SMILES string of the molecule is O=C(Nc1ccc(Cl)cc1C(=O)O)c1cc([N+](=O)[O-])cc([N+](=O)[O-])c1. The number of carboxylic acid groups (broad SMARTS) is 1. The third-order valence-electron chi connectivity index (χ3n) is 3.05. The van der Waals surface area contributed by atoms with E-state index in [0.717, 1.165) is 18.2 Å². The molecule has 0 unspecified atom stereocenters. The number of nitrogens with one attached hydrogen (secondary N) is 1. The van der Waals surface area contributed by atoms with Gasteiger partial charge in [0.25, 0.3) is 17.3 Å². The molecule has 0 heterocycles. The number of hydrogen-bond acceptors (Lipinski definition) is 6. The van der Waals surface area contributed by atoms with E-state index in [9.17, 15) is 29.8 Å². The summed E-state index contributed by atoms with van der Waals surface area (Å²) in [6.07, 6.45) is 0. The molecule has 2 rings (SSSR count). The molecule has 0 saturated heterocycles. The summed E-state index contributed by atoms with van der Waals surface area (Å²) in [5.74, 6) is -2.31. The fraction of sp³-hybridized carbons (Fsp3) is 0. The monoisotopic (exact) mass is 365 g/mol. The van der Waals surface area contributed by atoms with Crippen molar-refractivity contribution in [2.75, 3.05) is 5.32 Å². The van der Waals surface area contributed by atoms with Crippen molar-refractivity contribution in [3.05, 3.63) is 72.8 Å². The zero-order valence-corrected chi connectivity index (χ0v) is 12.9. The molecule has 25 heavy (non-hydrogen) atoms. The number of anilines is 1. The van der Waals surface area contributed by atoms with E-state index in [0.29, 0.717) is 6.07 Å². The Bertz CT molecular complexity index is 881. The van der Waals surface area contributed by atoms with Gasteiger partial charge in [-0.15, -0.1) is 0 Å². The van der Waals surface area contributed by atoms with Crippen LogP contribution in [0.4, 0.5) is 17.1 Å². The Kier molecular flexibility index (Phi) is 4.94. The number of non-ortho nitro benzene ring substituents is 2. The fourth-order valence-corrected chi connectivity index (χ4v) is 2.11. The molecular weight excluding hydrogens is 358 g/mol. The average Bonchev–Trinajstić information content (AvgIpc) is 2.55. The van der Waals surface area contributed by atoms with Gasteiger partial charge in [0.15, 0.2) is 0 Å². The second-order valence-corrected chi connectivity index (χ2v) is 5.14. The zero-order chi connectivity index (χ0) is 18.7. The summed E-state index contributed by atoms with van der Waals surface area (Å²) in [7, 11) is 0. The van der Waals surface area contributed by atoms with Gasteiger partial charge in [0, 0.05) is 17.2 Å². The highest BCUT2D eigenvalue weighted by molar-refractivity contribution is 6.31. The van der Waals surface area contributed by atoms with Crippen LogP contribution in [-0.4, -0.2) is 26.8 Å². The van der Waals surface area contributed by atoms with Crippen LogP contribution in [0.3, 0.4) is 0 Å². The summed E-state index contributed by atoms with van der Waals surface area (Å²) < 4.78 is 0. The first kappa shape index (κ1) is 17.8. The standard InChI is InChI=1S/C14H8ClN3O7/c15-8-1-2-12(11(5-8)14(20)21)16-13(19)7-3-9(17(22)23)6-10(4-7)18(24)25/h1-6H,(H,16,19)(H,20,21). The highest BCUT2D eigenvalue weighted by Crippen LogP contribution is 2.25. The van der Waals surface area contributed by atoms with E-state index in [1.807, 2.05) is 0 Å². The van der Waals surface area contributed by atoms with E-state index in [1.54, 1.807) is 0 Å². The summed E-state index contributed by atoms with van der Waals surface area (Å²) in [6, 6.07) is 6.07. The predicted octanol–water partition coefficient (Wildman–Crippen LogP) is 3.11. The zero-order valence-electron chi connectivity index (χ0n) is 12.1. The normalized spacial score (nSPS) is 10.1. The number of carbonyl (C=O) groups is 2. The first-order valence-electron chi connectivity index (χ1n) is 6.47. The van der Waals surface area contributed by atoms with Crippen LogP contribution in [-0.2, 0) is 0 Å². The number of nitro benzene ring substituents is 2. The Labute approximate surface area is 143 Å². The molecule has 0 fully saturated rings. The van der Waals surface area contributed by atoms with Gasteiger partial charge in [-0.05, 0) is 18.2 Å². The molecule has 0 aliphatic carbocycles. The van der Waals surface area contributed by atoms with Gasteiger partial charge < -0.3 is 10.4 Å². The minimum absolute atomic E-state index is 0.115. The number of carboxylic acids is 1. The molecule has 2 N–H and O–H groups in total. The van der Waals surface area contributed by atoms with Crippen molar-refractivity contribution in [2.45, 2.75) is 0 Å². The highest BCUT2D eigenvalue weighted by Gasteiger charge is 2.21.